The third-order valence-electron chi connectivity index (χ3n) is 4.17. The van der Waals surface area contributed by atoms with Gasteiger partial charge in [0.15, 0.2) is 5.78 Å². The van der Waals surface area contributed by atoms with E-state index in [4.69, 9.17) is 9.68 Å². The monoisotopic (exact) mass is 336 g/mol. The van der Waals surface area contributed by atoms with Crippen molar-refractivity contribution >= 4 is 23.0 Å². The molecule has 0 saturated heterocycles. The van der Waals surface area contributed by atoms with Crippen molar-refractivity contribution in [2.45, 2.75) is 47.0 Å². The van der Waals surface area contributed by atoms with E-state index in [0.29, 0.717) is 17.8 Å². The van der Waals surface area contributed by atoms with Crippen molar-refractivity contribution in [3.63, 3.8) is 0 Å². The third-order valence-corrected chi connectivity index (χ3v) is 4.17. The molecule has 2 unspecified atom stereocenters. The fourth-order valence-corrected chi connectivity index (χ4v) is 3.35. The molecule has 0 aliphatic heterocycles. The Kier molecular flexibility index (Phi) is 7.32. The topological polar surface area (TPSA) is 77.3 Å². The maximum absolute atomic E-state index is 13.1. The molecule has 0 aromatic heterocycles. The van der Waals surface area contributed by atoms with Crippen LogP contribution < -0.4 is 0 Å². The number of hydrogen-bond acceptors (Lipinski definition) is 6. The molecule has 0 aromatic carbocycles. The van der Waals surface area contributed by atoms with Gasteiger partial charge in [-0.05, 0) is 18.8 Å². The van der Waals surface area contributed by atoms with Crippen molar-refractivity contribution in [1.29, 1.82) is 0 Å². The van der Waals surface area contributed by atoms with Crippen LogP contribution in [-0.4, -0.2) is 36.7 Å². The zero-order valence-corrected chi connectivity index (χ0v) is 15.3. The maximum atomic E-state index is 13.1. The minimum Gasteiger partial charge on any atom is -0.399 e. The number of ketones is 2. The van der Waals surface area contributed by atoms with Crippen LogP contribution in [0.15, 0.2) is 23.0 Å². The van der Waals surface area contributed by atoms with Crippen molar-refractivity contribution in [1.82, 2.24) is 0 Å². The van der Waals surface area contributed by atoms with E-state index >= 15 is 0 Å². The number of Topliss-reactive ketones (excluding diaryl/α,β-unsaturated/α-hetero) is 2. The molecular formula is C18H28N2O4. The van der Waals surface area contributed by atoms with Gasteiger partial charge in [0.2, 0.25) is 0 Å². The molecule has 0 heterocycles. The molecule has 0 N–H and O–H groups in total. The summed E-state index contributed by atoms with van der Waals surface area (Å²) in [6.45, 7) is 11.3. The molecular weight excluding hydrogens is 308 g/mol. The Bertz CT molecular complexity index is 549. The van der Waals surface area contributed by atoms with Crippen LogP contribution >= 0.6 is 0 Å². The van der Waals surface area contributed by atoms with Gasteiger partial charge in [0.25, 0.3) is 0 Å². The summed E-state index contributed by atoms with van der Waals surface area (Å²) in [6, 6.07) is 0. The standard InChI is InChI=1S/C18H28N2O4/c1-7-9-13(20-24-10-8-2)15-14(21)11-18(4,5)16(17(15)22)12(3)19-23-6/h8,15-16H,2,7,9-11H2,1,3-6H3. The van der Waals surface area contributed by atoms with Gasteiger partial charge in [0.05, 0.1) is 17.3 Å². The highest BCUT2D eigenvalue weighted by atomic mass is 16.6. The van der Waals surface area contributed by atoms with Gasteiger partial charge >= 0.3 is 0 Å². The molecule has 0 spiro atoms. The molecule has 24 heavy (non-hydrogen) atoms. The first-order chi connectivity index (χ1) is 11.3. The average Bonchev–Trinajstić information content (AvgIpc) is 2.46. The number of nitrogens with zero attached hydrogens (tertiary/aromatic N) is 2. The Hall–Kier alpha value is -1.98. The summed E-state index contributed by atoms with van der Waals surface area (Å²) >= 11 is 0. The summed E-state index contributed by atoms with van der Waals surface area (Å²) in [5, 5.41) is 7.98. The summed E-state index contributed by atoms with van der Waals surface area (Å²) in [7, 11) is 1.44. The van der Waals surface area contributed by atoms with Crippen molar-refractivity contribution in [3.05, 3.63) is 12.7 Å². The predicted octanol–water partition coefficient (Wildman–Crippen LogP) is 3.17. The van der Waals surface area contributed by atoms with Gasteiger partial charge < -0.3 is 9.68 Å². The van der Waals surface area contributed by atoms with E-state index in [9.17, 15) is 9.59 Å². The fraction of sp³-hybridized carbons (Fsp3) is 0.667. The van der Waals surface area contributed by atoms with Crippen molar-refractivity contribution in [3.8, 4) is 0 Å². The minimum absolute atomic E-state index is 0.110. The van der Waals surface area contributed by atoms with Crippen LogP contribution in [0.2, 0.25) is 0 Å². The van der Waals surface area contributed by atoms with E-state index in [-0.39, 0.29) is 24.6 Å². The van der Waals surface area contributed by atoms with Gasteiger partial charge in [0.1, 0.15) is 25.4 Å². The molecule has 1 aliphatic carbocycles. The molecule has 134 valence electrons. The molecule has 1 rings (SSSR count). The molecule has 0 radical (unpaired) electrons. The fourth-order valence-electron chi connectivity index (χ4n) is 3.35. The molecule has 2 atom stereocenters. The maximum Gasteiger partial charge on any atom is 0.158 e. The first-order valence-electron chi connectivity index (χ1n) is 8.23. The number of oxime groups is 2. The summed E-state index contributed by atoms with van der Waals surface area (Å²) in [6.07, 6.45) is 3.16. The van der Waals surface area contributed by atoms with Crippen LogP contribution in [0.25, 0.3) is 0 Å². The first kappa shape index (κ1) is 20.1. The Balaban J connectivity index is 3.23. The number of hydrogen-bond donors (Lipinski definition) is 0. The lowest BCUT2D eigenvalue weighted by Crippen LogP contribution is -2.51. The lowest BCUT2D eigenvalue weighted by molar-refractivity contribution is -0.139. The van der Waals surface area contributed by atoms with E-state index in [1.807, 2.05) is 20.8 Å². The van der Waals surface area contributed by atoms with Crippen LogP contribution in [0.5, 0.6) is 0 Å². The molecule has 0 bridgehead atoms. The second kappa shape index (κ2) is 8.76. The Morgan fingerprint density at radius 2 is 2.04 bits per heavy atom. The SMILES string of the molecule is C=CCON=C(CCC)C1C(=O)CC(C)(C)C(C(C)=NOC)C1=O. The van der Waals surface area contributed by atoms with E-state index in [1.165, 1.54) is 7.11 Å². The summed E-state index contributed by atoms with van der Waals surface area (Å²) in [4.78, 5) is 35.7. The number of rotatable bonds is 8. The molecule has 1 fully saturated rings. The van der Waals surface area contributed by atoms with Gasteiger partial charge in [-0.25, -0.2) is 0 Å². The van der Waals surface area contributed by atoms with Gasteiger partial charge in [-0.1, -0.05) is 50.2 Å². The molecule has 6 nitrogen and oxygen atoms in total. The van der Waals surface area contributed by atoms with E-state index < -0.39 is 17.3 Å². The predicted molar refractivity (Wildman–Crippen MR) is 94.0 cm³/mol. The molecule has 1 saturated carbocycles. The van der Waals surface area contributed by atoms with Gasteiger partial charge in [-0.15, -0.1) is 0 Å². The Labute approximate surface area is 143 Å². The van der Waals surface area contributed by atoms with Crippen molar-refractivity contribution in [2.75, 3.05) is 13.7 Å². The van der Waals surface area contributed by atoms with Gasteiger partial charge in [0, 0.05) is 6.42 Å². The molecule has 0 aromatic rings. The summed E-state index contributed by atoms with van der Waals surface area (Å²) in [5.74, 6) is -1.64. The molecule has 1 aliphatic rings. The lowest BCUT2D eigenvalue weighted by atomic mass is 9.61. The van der Waals surface area contributed by atoms with Gasteiger partial charge in [-0.3, -0.25) is 9.59 Å². The highest BCUT2D eigenvalue weighted by molar-refractivity contribution is 6.27. The third kappa shape index (κ3) is 4.52. The quantitative estimate of drug-likeness (QED) is 0.224. The number of carbonyl (C=O) groups is 2. The molecule has 6 heteroatoms. The van der Waals surface area contributed by atoms with Crippen LogP contribution in [-0.2, 0) is 19.3 Å². The van der Waals surface area contributed by atoms with Crippen molar-refractivity contribution in [2.24, 2.45) is 27.6 Å². The van der Waals surface area contributed by atoms with Crippen LogP contribution in [0.1, 0.15) is 47.0 Å². The van der Waals surface area contributed by atoms with Crippen molar-refractivity contribution < 1.29 is 19.3 Å². The Morgan fingerprint density at radius 3 is 2.58 bits per heavy atom. The zero-order valence-electron chi connectivity index (χ0n) is 15.3. The second-order valence-electron chi connectivity index (χ2n) is 6.73. The number of carbonyl (C=O) groups excluding carboxylic acids is 2. The van der Waals surface area contributed by atoms with Crippen LogP contribution in [0.4, 0.5) is 0 Å². The summed E-state index contributed by atoms with van der Waals surface area (Å²) in [5.41, 5.74) is 0.559. The highest BCUT2D eigenvalue weighted by Gasteiger charge is 2.50. The van der Waals surface area contributed by atoms with E-state index in [2.05, 4.69) is 16.9 Å². The minimum atomic E-state index is -0.866. The average molecular weight is 336 g/mol. The zero-order chi connectivity index (χ0) is 18.3. The molecule has 0 amide bonds. The second-order valence-corrected chi connectivity index (χ2v) is 6.73. The smallest absolute Gasteiger partial charge is 0.158 e. The van der Waals surface area contributed by atoms with E-state index in [1.54, 1.807) is 13.0 Å². The van der Waals surface area contributed by atoms with Gasteiger partial charge in [-0.2, -0.15) is 0 Å². The highest BCUT2D eigenvalue weighted by Crippen LogP contribution is 2.41. The lowest BCUT2D eigenvalue weighted by Gasteiger charge is -2.39. The van der Waals surface area contributed by atoms with E-state index in [0.717, 1.165) is 6.42 Å². The Morgan fingerprint density at radius 1 is 1.38 bits per heavy atom. The normalized spacial score (nSPS) is 24.7. The summed E-state index contributed by atoms with van der Waals surface area (Å²) < 4.78 is 0. The van der Waals surface area contributed by atoms with Crippen LogP contribution in [0.3, 0.4) is 0 Å². The largest absolute Gasteiger partial charge is 0.399 e. The van der Waals surface area contributed by atoms with Crippen LogP contribution in [0, 0.1) is 17.3 Å². The first-order valence-corrected chi connectivity index (χ1v) is 8.23.